The van der Waals surface area contributed by atoms with Gasteiger partial charge in [0.05, 0.1) is 6.54 Å². The van der Waals surface area contributed by atoms with Gasteiger partial charge in [-0.25, -0.2) is 4.79 Å². The van der Waals surface area contributed by atoms with Crippen LogP contribution in [0.3, 0.4) is 0 Å². The molecule has 2 fully saturated rings. The molecule has 4 heteroatoms. The lowest BCUT2D eigenvalue weighted by atomic mass is 10.1. The molecular formula is C15H18N2O2. The van der Waals surface area contributed by atoms with E-state index in [-0.39, 0.29) is 18.5 Å². The van der Waals surface area contributed by atoms with Crippen molar-refractivity contribution in [3.8, 4) is 0 Å². The van der Waals surface area contributed by atoms with E-state index in [1.54, 1.807) is 4.90 Å². The lowest BCUT2D eigenvalue weighted by Gasteiger charge is -2.17. The van der Waals surface area contributed by atoms with Gasteiger partial charge in [0.2, 0.25) is 0 Å². The fourth-order valence-corrected chi connectivity index (χ4v) is 2.73. The molecule has 0 bridgehead atoms. The second kappa shape index (κ2) is 4.37. The van der Waals surface area contributed by atoms with Gasteiger partial charge in [0.15, 0.2) is 0 Å². The fourth-order valence-electron chi connectivity index (χ4n) is 2.73. The summed E-state index contributed by atoms with van der Waals surface area (Å²) in [5.74, 6) is -0.0731. The van der Waals surface area contributed by atoms with Crippen LogP contribution < -0.4 is 0 Å². The molecule has 1 saturated carbocycles. The van der Waals surface area contributed by atoms with Crippen LogP contribution >= 0.6 is 0 Å². The highest BCUT2D eigenvalue weighted by Gasteiger charge is 2.43. The van der Waals surface area contributed by atoms with Gasteiger partial charge < -0.3 is 4.90 Å². The summed E-state index contributed by atoms with van der Waals surface area (Å²) < 4.78 is 0. The lowest BCUT2D eigenvalue weighted by molar-refractivity contribution is -0.125. The average Bonchev–Trinajstić information content (AvgIpc) is 3.11. The molecule has 0 atom stereocenters. The van der Waals surface area contributed by atoms with E-state index in [0.717, 1.165) is 29.5 Å². The fraction of sp³-hybridized carbons (Fsp3) is 0.467. The van der Waals surface area contributed by atoms with Crippen LogP contribution in [-0.2, 0) is 11.3 Å². The van der Waals surface area contributed by atoms with Crippen LogP contribution in [0.4, 0.5) is 4.79 Å². The molecular weight excluding hydrogens is 240 g/mol. The first-order valence-corrected chi connectivity index (χ1v) is 6.73. The third kappa shape index (κ3) is 2.35. The van der Waals surface area contributed by atoms with Gasteiger partial charge in [-0.05, 0) is 32.3 Å². The van der Waals surface area contributed by atoms with Crippen LogP contribution in [-0.4, -0.2) is 34.3 Å². The SMILES string of the molecule is Cc1cc(C)cc(CN2C(=O)CN(C3CC3)C2=O)c1. The summed E-state index contributed by atoms with van der Waals surface area (Å²) in [5.41, 5.74) is 3.35. The van der Waals surface area contributed by atoms with Crippen LogP contribution in [0, 0.1) is 13.8 Å². The summed E-state index contributed by atoms with van der Waals surface area (Å²) in [6, 6.07) is 6.35. The van der Waals surface area contributed by atoms with Crippen molar-refractivity contribution in [2.24, 2.45) is 0 Å². The van der Waals surface area contributed by atoms with Crippen molar-refractivity contribution < 1.29 is 9.59 Å². The van der Waals surface area contributed by atoms with E-state index in [0.29, 0.717) is 12.6 Å². The van der Waals surface area contributed by atoms with Gasteiger partial charge in [0.1, 0.15) is 6.54 Å². The normalized spacial score (nSPS) is 19.5. The van der Waals surface area contributed by atoms with E-state index in [2.05, 4.69) is 6.07 Å². The molecule has 1 heterocycles. The highest BCUT2D eigenvalue weighted by atomic mass is 16.2. The maximum absolute atomic E-state index is 12.2. The van der Waals surface area contributed by atoms with Crippen molar-refractivity contribution in [2.75, 3.05) is 6.54 Å². The Morgan fingerprint density at radius 2 is 1.74 bits per heavy atom. The molecule has 4 nitrogen and oxygen atoms in total. The Morgan fingerprint density at radius 1 is 1.11 bits per heavy atom. The van der Waals surface area contributed by atoms with Crippen molar-refractivity contribution >= 4 is 11.9 Å². The number of benzene rings is 1. The van der Waals surface area contributed by atoms with E-state index in [9.17, 15) is 9.59 Å². The first kappa shape index (κ1) is 12.2. The predicted molar refractivity (Wildman–Crippen MR) is 71.6 cm³/mol. The summed E-state index contributed by atoms with van der Waals surface area (Å²) in [6.07, 6.45) is 2.08. The molecule has 0 N–H and O–H groups in total. The Balaban J connectivity index is 1.78. The molecule has 1 aromatic rings. The number of aryl methyl sites for hydroxylation is 2. The number of nitrogens with zero attached hydrogens (tertiary/aromatic N) is 2. The second-order valence-electron chi connectivity index (χ2n) is 5.62. The maximum Gasteiger partial charge on any atom is 0.327 e. The van der Waals surface area contributed by atoms with Gasteiger partial charge in [-0.2, -0.15) is 0 Å². The molecule has 0 radical (unpaired) electrons. The number of rotatable bonds is 3. The third-order valence-electron chi connectivity index (χ3n) is 3.69. The van der Waals surface area contributed by atoms with Crippen LogP contribution in [0.15, 0.2) is 18.2 Å². The van der Waals surface area contributed by atoms with E-state index in [1.165, 1.54) is 4.90 Å². The number of hydrogen-bond acceptors (Lipinski definition) is 2. The van der Waals surface area contributed by atoms with Crippen molar-refractivity contribution in [1.82, 2.24) is 9.80 Å². The Bertz CT molecular complexity index is 529. The molecule has 1 aromatic carbocycles. The van der Waals surface area contributed by atoms with E-state index >= 15 is 0 Å². The van der Waals surface area contributed by atoms with Gasteiger partial charge in [-0.1, -0.05) is 29.3 Å². The Kier molecular flexibility index (Phi) is 2.81. The number of urea groups is 1. The molecule has 2 aliphatic rings. The Morgan fingerprint density at radius 3 is 2.32 bits per heavy atom. The van der Waals surface area contributed by atoms with E-state index < -0.39 is 0 Å². The largest absolute Gasteiger partial charge is 0.327 e. The van der Waals surface area contributed by atoms with E-state index in [1.807, 2.05) is 26.0 Å². The highest BCUT2D eigenvalue weighted by Crippen LogP contribution is 2.30. The molecule has 0 unspecified atom stereocenters. The quantitative estimate of drug-likeness (QED) is 0.780. The van der Waals surface area contributed by atoms with Crippen LogP contribution in [0.25, 0.3) is 0 Å². The Hall–Kier alpha value is -1.84. The van der Waals surface area contributed by atoms with Crippen molar-refractivity contribution in [1.29, 1.82) is 0 Å². The number of carbonyl (C=O) groups excluding carboxylic acids is 2. The summed E-state index contributed by atoms with van der Waals surface area (Å²) in [4.78, 5) is 27.3. The molecule has 1 saturated heterocycles. The van der Waals surface area contributed by atoms with Crippen molar-refractivity contribution in [3.05, 3.63) is 34.9 Å². The number of amides is 3. The smallest absolute Gasteiger partial charge is 0.312 e. The minimum atomic E-state index is -0.119. The number of hydrogen-bond donors (Lipinski definition) is 0. The minimum absolute atomic E-state index is 0.0731. The lowest BCUT2D eigenvalue weighted by Crippen LogP contribution is -2.33. The van der Waals surface area contributed by atoms with Crippen LogP contribution in [0.5, 0.6) is 0 Å². The maximum atomic E-state index is 12.2. The van der Waals surface area contributed by atoms with Gasteiger partial charge in [-0.15, -0.1) is 0 Å². The van der Waals surface area contributed by atoms with Crippen LogP contribution in [0.2, 0.25) is 0 Å². The first-order valence-electron chi connectivity index (χ1n) is 6.73. The minimum Gasteiger partial charge on any atom is -0.312 e. The monoisotopic (exact) mass is 258 g/mol. The summed E-state index contributed by atoms with van der Waals surface area (Å²) in [5, 5.41) is 0. The summed E-state index contributed by atoms with van der Waals surface area (Å²) in [6.45, 7) is 4.71. The third-order valence-corrected chi connectivity index (χ3v) is 3.69. The Labute approximate surface area is 113 Å². The molecule has 1 aliphatic heterocycles. The molecule has 0 spiro atoms. The summed E-state index contributed by atoms with van der Waals surface area (Å²) in [7, 11) is 0. The average molecular weight is 258 g/mol. The first-order chi connectivity index (χ1) is 9.04. The van der Waals surface area contributed by atoms with Crippen molar-refractivity contribution in [2.45, 2.75) is 39.3 Å². The van der Waals surface area contributed by atoms with Gasteiger partial charge >= 0.3 is 6.03 Å². The molecule has 0 aromatic heterocycles. The topological polar surface area (TPSA) is 40.6 Å². The van der Waals surface area contributed by atoms with Crippen LogP contribution in [0.1, 0.15) is 29.5 Å². The zero-order valence-electron chi connectivity index (χ0n) is 11.3. The number of imide groups is 1. The molecule has 19 heavy (non-hydrogen) atoms. The molecule has 3 rings (SSSR count). The number of carbonyl (C=O) groups is 2. The highest BCUT2D eigenvalue weighted by molar-refractivity contribution is 6.02. The standard InChI is InChI=1S/C15H18N2O2/c1-10-5-11(2)7-12(6-10)8-17-14(18)9-16(15(17)19)13-3-4-13/h5-7,13H,3-4,8-9H2,1-2H3. The predicted octanol–water partition coefficient (Wildman–Crippen LogP) is 2.23. The van der Waals surface area contributed by atoms with Gasteiger partial charge in [0, 0.05) is 6.04 Å². The van der Waals surface area contributed by atoms with Crippen molar-refractivity contribution in [3.63, 3.8) is 0 Å². The molecule has 100 valence electrons. The zero-order chi connectivity index (χ0) is 13.6. The summed E-state index contributed by atoms with van der Waals surface area (Å²) >= 11 is 0. The molecule has 3 amide bonds. The molecule has 1 aliphatic carbocycles. The second-order valence-corrected chi connectivity index (χ2v) is 5.62. The van der Waals surface area contributed by atoms with Gasteiger partial charge in [-0.3, -0.25) is 9.69 Å². The zero-order valence-corrected chi connectivity index (χ0v) is 11.3. The van der Waals surface area contributed by atoms with E-state index in [4.69, 9.17) is 0 Å². The van der Waals surface area contributed by atoms with Gasteiger partial charge in [0.25, 0.3) is 5.91 Å².